The molecule has 0 unspecified atom stereocenters. The van der Waals surface area contributed by atoms with Crippen LogP contribution in [0.2, 0.25) is 0 Å². The number of nitrogens with zero attached hydrogens (tertiary/aromatic N) is 2. The van der Waals surface area contributed by atoms with Gasteiger partial charge in [0.25, 0.3) is 0 Å². The molecule has 3 heteroatoms. The second-order valence-corrected chi connectivity index (χ2v) is 3.93. The van der Waals surface area contributed by atoms with Crippen molar-refractivity contribution in [1.29, 1.82) is 0 Å². The Bertz CT molecular complexity index is 264. The first-order chi connectivity index (χ1) is 7.31. The summed E-state index contributed by atoms with van der Waals surface area (Å²) in [6, 6.07) is 2.67. The van der Waals surface area contributed by atoms with Crippen LogP contribution in [0.25, 0.3) is 0 Å². The van der Waals surface area contributed by atoms with Crippen molar-refractivity contribution in [3.05, 3.63) is 18.0 Å². The molecule has 1 aromatic rings. The maximum absolute atomic E-state index is 4.58. The van der Waals surface area contributed by atoms with Gasteiger partial charge in [0.15, 0.2) is 0 Å². The van der Waals surface area contributed by atoms with Crippen LogP contribution in [-0.4, -0.2) is 16.3 Å². The average molecular weight is 209 g/mol. The molecule has 1 heterocycles. The summed E-state index contributed by atoms with van der Waals surface area (Å²) >= 11 is 0. The Morgan fingerprint density at radius 2 is 2.07 bits per heavy atom. The van der Waals surface area contributed by atoms with Gasteiger partial charge in [0.05, 0.1) is 11.7 Å². The molecule has 1 N–H and O–H groups in total. The first-order valence-corrected chi connectivity index (χ1v) is 6.06. The number of hydrogen-bond acceptors (Lipinski definition) is 2. The van der Waals surface area contributed by atoms with E-state index < -0.39 is 0 Å². The molecule has 3 nitrogen and oxygen atoms in total. The van der Waals surface area contributed by atoms with E-state index in [4.69, 9.17) is 0 Å². The minimum Gasteiger partial charge on any atom is -0.311 e. The van der Waals surface area contributed by atoms with Gasteiger partial charge in [-0.05, 0) is 31.9 Å². The van der Waals surface area contributed by atoms with Crippen molar-refractivity contribution in [2.24, 2.45) is 0 Å². The average Bonchev–Trinajstić information content (AvgIpc) is 2.69. The van der Waals surface area contributed by atoms with Gasteiger partial charge in [0.2, 0.25) is 0 Å². The van der Waals surface area contributed by atoms with E-state index in [9.17, 15) is 0 Å². The summed E-state index contributed by atoms with van der Waals surface area (Å²) in [6.45, 7) is 8.56. The number of nitrogens with one attached hydrogen (secondary N) is 1. The van der Waals surface area contributed by atoms with Crippen LogP contribution in [0.3, 0.4) is 0 Å². The predicted molar refractivity (Wildman–Crippen MR) is 63.8 cm³/mol. The fourth-order valence-corrected chi connectivity index (χ4v) is 1.73. The van der Waals surface area contributed by atoms with E-state index in [2.05, 4.69) is 48.1 Å². The van der Waals surface area contributed by atoms with Gasteiger partial charge >= 0.3 is 0 Å². The largest absolute Gasteiger partial charge is 0.311 e. The van der Waals surface area contributed by atoms with Gasteiger partial charge in [0.1, 0.15) is 0 Å². The molecule has 1 aromatic heterocycles. The predicted octanol–water partition coefficient (Wildman–Crippen LogP) is 2.74. The Morgan fingerprint density at radius 1 is 1.33 bits per heavy atom. The van der Waals surface area contributed by atoms with Gasteiger partial charge in [-0.15, -0.1) is 0 Å². The third kappa shape index (κ3) is 3.67. The standard InChI is InChI=1S/C12H23N3/c1-4-8-13-10-11-7-9-15(14-11)12(5-2)6-3/h7,9,12-13H,4-6,8,10H2,1-3H3. The Morgan fingerprint density at radius 3 is 2.67 bits per heavy atom. The molecule has 0 aliphatic rings. The SMILES string of the molecule is CCCNCc1ccn(C(CC)CC)n1. The minimum absolute atomic E-state index is 0.560. The molecule has 1 rings (SSSR count). The maximum atomic E-state index is 4.58. The molecule has 0 atom stereocenters. The number of rotatable bonds is 7. The summed E-state index contributed by atoms with van der Waals surface area (Å²) in [7, 11) is 0. The van der Waals surface area contributed by atoms with Crippen LogP contribution in [0.4, 0.5) is 0 Å². The minimum atomic E-state index is 0.560. The normalized spacial score (nSPS) is 11.2. The van der Waals surface area contributed by atoms with Crippen LogP contribution >= 0.6 is 0 Å². The molecule has 15 heavy (non-hydrogen) atoms. The van der Waals surface area contributed by atoms with Gasteiger partial charge in [-0.25, -0.2) is 0 Å². The molecule has 0 bridgehead atoms. The first kappa shape index (κ1) is 12.2. The number of aromatic nitrogens is 2. The van der Waals surface area contributed by atoms with Crippen molar-refractivity contribution in [3.8, 4) is 0 Å². The third-order valence-electron chi connectivity index (χ3n) is 2.71. The lowest BCUT2D eigenvalue weighted by molar-refractivity contribution is 0.424. The van der Waals surface area contributed by atoms with E-state index in [1.807, 2.05) is 0 Å². The van der Waals surface area contributed by atoms with Crippen molar-refractivity contribution in [2.45, 2.75) is 52.6 Å². The summed E-state index contributed by atoms with van der Waals surface area (Å²) in [5.41, 5.74) is 1.15. The van der Waals surface area contributed by atoms with Crippen LogP contribution in [-0.2, 0) is 6.54 Å². The number of hydrogen-bond donors (Lipinski definition) is 1. The van der Waals surface area contributed by atoms with Crippen molar-refractivity contribution in [2.75, 3.05) is 6.54 Å². The highest BCUT2D eigenvalue weighted by Gasteiger charge is 2.07. The fourth-order valence-electron chi connectivity index (χ4n) is 1.73. The fraction of sp³-hybridized carbons (Fsp3) is 0.750. The molecule has 0 radical (unpaired) electrons. The van der Waals surface area contributed by atoms with Crippen molar-refractivity contribution < 1.29 is 0 Å². The van der Waals surface area contributed by atoms with Gasteiger partial charge in [0, 0.05) is 12.7 Å². The van der Waals surface area contributed by atoms with Gasteiger partial charge in [-0.3, -0.25) is 4.68 Å². The van der Waals surface area contributed by atoms with Crippen molar-refractivity contribution in [1.82, 2.24) is 15.1 Å². The summed E-state index contributed by atoms with van der Waals surface area (Å²) < 4.78 is 2.10. The van der Waals surface area contributed by atoms with Gasteiger partial charge in [-0.2, -0.15) is 5.10 Å². The van der Waals surface area contributed by atoms with Crippen LogP contribution in [0.5, 0.6) is 0 Å². The molecule has 0 aliphatic carbocycles. The molecule has 0 spiro atoms. The Hall–Kier alpha value is -0.830. The summed E-state index contributed by atoms with van der Waals surface area (Å²) in [5.74, 6) is 0. The Labute approximate surface area is 92.9 Å². The van der Waals surface area contributed by atoms with Crippen molar-refractivity contribution >= 4 is 0 Å². The van der Waals surface area contributed by atoms with Gasteiger partial charge < -0.3 is 5.32 Å². The van der Waals surface area contributed by atoms with Gasteiger partial charge in [-0.1, -0.05) is 20.8 Å². The monoisotopic (exact) mass is 209 g/mol. The molecule has 0 saturated carbocycles. The lowest BCUT2D eigenvalue weighted by atomic mass is 10.2. The van der Waals surface area contributed by atoms with Crippen LogP contribution in [0, 0.1) is 0 Å². The van der Waals surface area contributed by atoms with E-state index in [0.29, 0.717) is 6.04 Å². The van der Waals surface area contributed by atoms with E-state index in [0.717, 1.165) is 31.6 Å². The second kappa shape index (κ2) is 6.62. The van der Waals surface area contributed by atoms with E-state index in [1.54, 1.807) is 0 Å². The molecule has 0 saturated heterocycles. The van der Waals surface area contributed by atoms with E-state index in [-0.39, 0.29) is 0 Å². The topological polar surface area (TPSA) is 29.9 Å². The highest BCUT2D eigenvalue weighted by atomic mass is 15.3. The molecule has 0 aromatic carbocycles. The molecular weight excluding hydrogens is 186 g/mol. The quantitative estimate of drug-likeness (QED) is 0.700. The molecule has 0 fully saturated rings. The maximum Gasteiger partial charge on any atom is 0.0762 e. The summed E-state index contributed by atoms with van der Waals surface area (Å²) in [5, 5.41) is 7.94. The first-order valence-electron chi connectivity index (χ1n) is 6.06. The third-order valence-corrected chi connectivity index (χ3v) is 2.71. The zero-order chi connectivity index (χ0) is 11.1. The molecule has 0 amide bonds. The molecule has 86 valence electrons. The van der Waals surface area contributed by atoms with E-state index in [1.165, 1.54) is 6.42 Å². The smallest absolute Gasteiger partial charge is 0.0762 e. The van der Waals surface area contributed by atoms with Crippen LogP contribution in [0.15, 0.2) is 12.3 Å². The molecule has 0 aliphatic heterocycles. The second-order valence-electron chi connectivity index (χ2n) is 3.93. The van der Waals surface area contributed by atoms with Crippen LogP contribution < -0.4 is 5.32 Å². The molecular formula is C12H23N3. The highest BCUT2D eigenvalue weighted by Crippen LogP contribution is 2.14. The van der Waals surface area contributed by atoms with Crippen LogP contribution in [0.1, 0.15) is 51.8 Å². The Balaban J connectivity index is 2.47. The van der Waals surface area contributed by atoms with Crippen molar-refractivity contribution in [3.63, 3.8) is 0 Å². The lowest BCUT2D eigenvalue weighted by Gasteiger charge is -2.12. The Kier molecular flexibility index (Phi) is 5.40. The lowest BCUT2D eigenvalue weighted by Crippen LogP contribution is -2.15. The summed E-state index contributed by atoms with van der Waals surface area (Å²) in [4.78, 5) is 0. The summed E-state index contributed by atoms with van der Waals surface area (Å²) in [6.07, 6.45) is 5.58. The zero-order valence-corrected chi connectivity index (χ0v) is 10.2. The highest BCUT2D eigenvalue weighted by molar-refractivity contribution is 4.99. The van der Waals surface area contributed by atoms with E-state index >= 15 is 0 Å². The zero-order valence-electron chi connectivity index (χ0n) is 10.2.